The molecule has 3 aromatic rings. The second-order valence-corrected chi connectivity index (χ2v) is 9.03. The predicted molar refractivity (Wildman–Crippen MR) is 135 cm³/mol. The van der Waals surface area contributed by atoms with Crippen molar-refractivity contribution in [1.82, 2.24) is 4.90 Å². The highest BCUT2D eigenvalue weighted by Gasteiger charge is 2.46. The lowest BCUT2D eigenvalue weighted by Crippen LogP contribution is -2.44. The van der Waals surface area contributed by atoms with Crippen LogP contribution in [0.4, 0.5) is 0 Å². The zero-order valence-electron chi connectivity index (χ0n) is 20.0. The highest BCUT2D eigenvalue weighted by molar-refractivity contribution is 5.85. The summed E-state index contributed by atoms with van der Waals surface area (Å²) in [5.74, 6) is 0.252. The fourth-order valence-electron chi connectivity index (χ4n) is 4.62. The molecule has 178 valence electrons. The van der Waals surface area contributed by atoms with Gasteiger partial charge in [0.2, 0.25) is 0 Å². The fraction of sp³-hybridized carbons (Fsp3) is 0.367. The summed E-state index contributed by atoms with van der Waals surface area (Å²) in [7, 11) is 0. The van der Waals surface area contributed by atoms with Crippen LogP contribution in [0.5, 0.6) is 0 Å². The first kappa shape index (κ1) is 24.3. The van der Waals surface area contributed by atoms with Gasteiger partial charge in [-0.25, -0.2) is 0 Å². The van der Waals surface area contributed by atoms with E-state index in [1.54, 1.807) is 0 Å². The SMILES string of the molecule is CCCCC(=O)C1[C@@H](OCc2ccccc2)[C@H](OCc2ccccc2)CN1Cc1ccccc1. The summed E-state index contributed by atoms with van der Waals surface area (Å²) < 4.78 is 12.9. The van der Waals surface area contributed by atoms with Crippen LogP contribution >= 0.6 is 0 Å². The topological polar surface area (TPSA) is 38.8 Å². The summed E-state index contributed by atoms with van der Waals surface area (Å²) >= 11 is 0. The lowest BCUT2D eigenvalue weighted by atomic mass is 10.0. The molecule has 0 aromatic heterocycles. The number of benzene rings is 3. The molecular formula is C30H35NO3. The summed E-state index contributed by atoms with van der Waals surface area (Å²) in [6, 6.07) is 30.4. The Hall–Kier alpha value is -2.79. The molecule has 1 unspecified atom stereocenters. The molecule has 0 spiro atoms. The molecule has 4 nitrogen and oxygen atoms in total. The van der Waals surface area contributed by atoms with Gasteiger partial charge in [-0.1, -0.05) is 104 Å². The molecule has 3 atom stereocenters. The molecule has 1 aliphatic heterocycles. The minimum atomic E-state index is -0.309. The van der Waals surface area contributed by atoms with Crippen LogP contribution in [0.1, 0.15) is 42.9 Å². The van der Waals surface area contributed by atoms with Crippen LogP contribution in [0.2, 0.25) is 0 Å². The van der Waals surface area contributed by atoms with Crippen LogP contribution in [0.3, 0.4) is 0 Å². The predicted octanol–water partition coefficient (Wildman–Crippen LogP) is 5.80. The van der Waals surface area contributed by atoms with Crippen LogP contribution < -0.4 is 0 Å². The number of unbranched alkanes of at least 4 members (excludes halogenated alkanes) is 1. The maximum atomic E-state index is 13.5. The Morgan fingerprint density at radius 3 is 1.88 bits per heavy atom. The lowest BCUT2D eigenvalue weighted by Gasteiger charge is -2.27. The summed E-state index contributed by atoms with van der Waals surface area (Å²) in [6.07, 6.45) is 1.99. The normalized spacial score (nSPS) is 20.4. The molecule has 0 bridgehead atoms. The third-order valence-corrected chi connectivity index (χ3v) is 6.41. The molecule has 4 heteroatoms. The Labute approximate surface area is 203 Å². The highest BCUT2D eigenvalue weighted by Crippen LogP contribution is 2.29. The average molecular weight is 458 g/mol. The lowest BCUT2D eigenvalue weighted by molar-refractivity contribution is -0.131. The first-order valence-electron chi connectivity index (χ1n) is 12.4. The number of carbonyl (C=O) groups excluding carboxylic acids is 1. The van der Waals surface area contributed by atoms with Gasteiger partial charge in [-0.05, 0) is 23.1 Å². The molecule has 0 radical (unpaired) electrons. The molecule has 1 heterocycles. The van der Waals surface area contributed by atoms with Gasteiger partial charge in [0.25, 0.3) is 0 Å². The smallest absolute Gasteiger partial charge is 0.152 e. The molecule has 1 aliphatic rings. The van der Waals surface area contributed by atoms with E-state index in [9.17, 15) is 4.79 Å². The second kappa shape index (κ2) is 12.6. The van der Waals surface area contributed by atoms with Crippen LogP contribution in [-0.2, 0) is 34.0 Å². The van der Waals surface area contributed by atoms with Gasteiger partial charge >= 0.3 is 0 Å². The maximum Gasteiger partial charge on any atom is 0.152 e. The van der Waals surface area contributed by atoms with Crippen molar-refractivity contribution in [3.8, 4) is 0 Å². The maximum absolute atomic E-state index is 13.5. The van der Waals surface area contributed by atoms with Crippen LogP contribution in [0.25, 0.3) is 0 Å². The largest absolute Gasteiger partial charge is 0.369 e. The number of hydrogen-bond donors (Lipinski definition) is 0. The van der Waals surface area contributed by atoms with E-state index in [0.717, 1.165) is 24.0 Å². The first-order valence-corrected chi connectivity index (χ1v) is 12.4. The summed E-state index contributed by atoms with van der Waals surface area (Å²) in [4.78, 5) is 15.7. The van der Waals surface area contributed by atoms with Crippen molar-refractivity contribution in [2.75, 3.05) is 6.54 Å². The standard InChI is InChI=1S/C30H35NO3/c1-2-3-19-27(32)29-30(34-23-26-17-11-6-12-18-26)28(33-22-25-15-9-5-10-16-25)21-31(29)20-24-13-7-4-8-14-24/h4-18,28-30H,2-3,19-23H2,1H3/t28-,29?,30+/m1/s1. The monoisotopic (exact) mass is 457 g/mol. The van der Waals surface area contributed by atoms with E-state index < -0.39 is 0 Å². The van der Waals surface area contributed by atoms with E-state index in [1.807, 2.05) is 54.6 Å². The Balaban J connectivity index is 1.56. The molecular weight excluding hydrogens is 422 g/mol. The molecule has 0 amide bonds. The number of ketones is 1. The third kappa shape index (κ3) is 6.63. The number of ether oxygens (including phenoxy) is 2. The summed E-state index contributed by atoms with van der Waals surface area (Å²) in [6.45, 7) is 4.47. The molecule has 34 heavy (non-hydrogen) atoms. The van der Waals surface area contributed by atoms with Gasteiger partial charge in [-0.15, -0.1) is 0 Å². The van der Waals surface area contributed by atoms with Gasteiger partial charge < -0.3 is 9.47 Å². The minimum Gasteiger partial charge on any atom is -0.369 e. The van der Waals surface area contributed by atoms with Crippen molar-refractivity contribution in [2.24, 2.45) is 0 Å². The number of hydrogen-bond acceptors (Lipinski definition) is 4. The van der Waals surface area contributed by atoms with Gasteiger partial charge in [0, 0.05) is 19.5 Å². The Morgan fingerprint density at radius 2 is 1.32 bits per heavy atom. The van der Waals surface area contributed by atoms with Crippen LogP contribution in [-0.4, -0.2) is 35.5 Å². The van der Waals surface area contributed by atoms with Crippen molar-refractivity contribution >= 4 is 5.78 Å². The van der Waals surface area contributed by atoms with Gasteiger partial charge in [0.05, 0.1) is 25.4 Å². The molecule has 4 rings (SSSR count). The van der Waals surface area contributed by atoms with Gasteiger partial charge in [-0.3, -0.25) is 9.69 Å². The number of rotatable bonds is 12. The van der Waals surface area contributed by atoms with Crippen molar-refractivity contribution in [2.45, 2.75) is 64.2 Å². The number of nitrogens with zero attached hydrogens (tertiary/aromatic N) is 1. The Kier molecular flexibility index (Phi) is 9.03. The van der Waals surface area contributed by atoms with Crippen LogP contribution in [0, 0.1) is 0 Å². The molecule has 1 fully saturated rings. The average Bonchev–Trinajstić information content (AvgIpc) is 3.23. The molecule has 0 N–H and O–H groups in total. The second-order valence-electron chi connectivity index (χ2n) is 9.03. The van der Waals surface area contributed by atoms with E-state index in [2.05, 4.69) is 48.2 Å². The molecule has 1 saturated heterocycles. The Bertz CT molecular complexity index is 993. The quantitative estimate of drug-likeness (QED) is 0.344. The number of carbonyl (C=O) groups is 1. The third-order valence-electron chi connectivity index (χ3n) is 6.41. The van der Waals surface area contributed by atoms with E-state index in [1.165, 1.54) is 5.56 Å². The van der Waals surface area contributed by atoms with E-state index >= 15 is 0 Å². The summed E-state index contributed by atoms with van der Waals surface area (Å²) in [5.41, 5.74) is 3.42. The van der Waals surface area contributed by atoms with Crippen molar-refractivity contribution in [1.29, 1.82) is 0 Å². The Morgan fingerprint density at radius 1 is 0.794 bits per heavy atom. The van der Waals surface area contributed by atoms with E-state index in [4.69, 9.17) is 9.47 Å². The highest BCUT2D eigenvalue weighted by atomic mass is 16.5. The number of likely N-dealkylation sites (tertiary alicyclic amines) is 1. The zero-order chi connectivity index (χ0) is 23.6. The zero-order valence-corrected chi connectivity index (χ0v) is 20.0. The van der Waals surface area contributed by atoms with Gasteiger partial charge in [0.1, 0.15) is 6.10 Å². The van der Waals surface area contributed by atoms with Gasteiger partial charge in [-0.2, -0.15) is 0 Å². The van der Waals surface area contributed by atoms with Crippen molar-refractivity contribution in [3.05, 3.63) is 108 Å². The van der Waals surface area contributed by atoms with E-state index in [0.29, 0.717) is 32.7 Å². The molecule has 0 aliphatic carbocycles. The van der Waals surface area contributed by atoms with Crippen molar-refractivity contribution < 1.29 is 14.3 Å². The minimum absolute atomic E-state index is 0.178. The molecule has 3 aromatic carbocycles. The van der Waals surface area contributed by atoms with Gasteiger partial charge in [0.15, 0.2) is 5.78 Å². The van der Waals surface area contributed by atoms with Crippen molar-refractivity contribution in [3.63, 3.8) is 0 Å². The molecule has 0 saturated carbocycles. The van der Waals surface area contributed by atoms with Crippen LogP contribution in [0.15, 0.2) is 91.0 Å². The summed E-state index contributed by atoms with van der Waals surface area (Å²) in [5, 5.41) is 0. The van der Waals surface area contributed by atoms with E-state index in [-0.39, 0.29) is 24.0 Å². The fourth-order valence-corrected chi connectivity index (χ4v) is 4.62. The number of Topliss-reactive ketones (excluding diaryl/α,β-unsaturated/α-hetero) is 1. The first-order chi connectivity index (χ1) is 16.7.